The summed E-state index contributed by atoms with van der Waals surface area (Å²) in [5.41, 5.74) is -1.41. The third-order valence-corrected chi connectivity index (χ3v) is 4.63. The summed E-state index contributed by atoms with van der Waals surface area (Å²) < 4.78 is 2.32. The van der Waals surface area contributed by atoms with E-state index in [1.54, 1.807) is 0 Å². The van der Waals surface area contributed by atoms with Crippen molar-refractivity contribution >= 4 is 17.4 Å². The molecular weight excluding hydrogens is 314 g/mol. The summed E-state index contributed by atoms with van der Waals surface area (Å²) >= 11 is 0. The molecule has 9 nitrogen and oxygen atoms in total. The van der Waals surface area contributed by atoms with Crippen LogP contribution >= 0.6 is 0 Å². The number of carbonyl (C=O) groups excluding carboxylic acids is 1. The maximum Gasteiger partial charge on any atom is 0.329 e. The van der Waals surface area contributed by atoms with E-state index in [2.05, 4.69) is 22.4 Å². The minimum absolute atomic E-state index is 0.303. The molecule has 0 atom stereocenters. The number of carbonyl (C=O) groups is 2. The van der Waals surface area contributed by atoms with Crippen LogP contribution in [0.4, 0.5) is 0 Å². The minimum Gasteiger partial charge on any atom is -0.480 e. The summed E-state index contributed by atoms with van der Waals surface area (Å²) in [6, 6.07) is 1.53. The number of hydrogen-bond donors (Lipinski definition) is 2. The Balaban J connectivity index is 1.77. The largest absolute Gasteiger partial charge is 0.480 e. The van der Waals surface area contributed by atoms with E-state index in [1.165, 1.54) is 23.1 Å². The normalized spacial score (nSPS) is 24.0. The summed E-state index contributed by atoms with van der Waals surface area (Å²) in [6.07, 6.45) is 5.06. The molecule has 0 radical (unpaired) electrons. The summed E-state index contributed by atoms with van der Waals surface area (Å²) in [4.78, 5) is 36.2. The maximum absolute atomic E-state index is 12.3. The van der Waals surface area contributed by atoms with E-state index in [4.69, 9.17) is 0 Å². The molecule has 2 aromatic heterocycles. The number of fused-ring (bicyclic) bond motifs is 1. The average Bonchev–Trinajstić information content (AvgIpc) is 3.02. The van der Waals surface area contributed by atoms with E-state index in [1.807, 2.05) is 0 Å². The van der Waals surface area contributed by atoms with Gasteiger partial charge in [0, 0.05) is 0 Å². The van der Waals surface area contributed by atoms with Crippen molar-refractivity contribution in [1.29, 1.82) is 0 Å². The summed E-state index contributed by atoms with van der Waals surface area (Å²) in [5, 5.41) is 19.9. The van der Waals surface area contributed by atoms with Crippen LogP contribution in [0.1, 0.15) is 32.6 Å². The lowest BCUT2D eigenvalue weighted by molar-refractivity contribution is -0.149. The highest BCUT2D eigenvalue weighted by Crippen LogP contribution is 2.32. The van der Waals surface area contributed by atoms with Crippen LogP contribution in [0.15, 0.2) is 23.4 Å². The first-order valence-corrected chi connectivity index (χ1v) is 7.85. The third kappa shape index (κ3) is 2.89. The van der Waals surface area contributed by atoms with Crippen LogP contribution in [-0.4, -0.2) is 41.9 Å². The van der Waals surface area contributed by atoms with Gasteiger partial charge in [-0.15, -0.1) is 0 Å². The molecule has 0 saturated heterocycles. The van der Waals surface area contributed by atoms with E-state index >= 15 is 0 Å². The molecule has 2 aromatic rings. The number of aliphatic carboxylic acids is 1. The van der Waals surface area contributed by atoms with E-state index in [0.717, 1.165) is 17.5 Å². The number of nitrogens with one attached hydrogen (secondary N) is 1. The van der Waals surface area contributed by atoms with Gasteiger partial charge in [-0.1, -0.05) is 6.92 Å². The first kappa shape index (κ1) is 16.2. The van der Waals surface area contributed by atoms with Crippen molar-refractivity contribution in [2.75, 3.05) is 0 Å². The van der Waals surface area contributed by atoms with Crippen LogP contribution in [0.25, 0.3) is 5.52 Å². The molecule has 0 unspecified atom stereocenters. The fourth-order valence-corrected chi connectivity index (χ4v) is 3.07. The zero-order chi connectivity index (χ0) is 17.3. The Hall–Kier alpha value is -2.71. The molecule has 128 valence electrons. The second-order valence-corrected chi connectivity index (χ2v) is 6.37. The predicted molar refractivity (Wildman–Crippen MR) is 83.4 cm³/mol. The Labute approximate surface area is 137 Å². The Kier molecular flexibility index (Phi) is 4.08. The molecule has 3 rings (SSSR count). The first-order chi connectivity index (χ1) is 11.4. The van der Waals surface area contributed by atoms with Crippen LogP contribution in [0.5, 0.6) is 0 Å². The molecule has 2 heterocycles. The van der Waals surface area contributed by atoms with Crippen molar-refractivity contribution in [3.8, 4) is 0 Å². The van der Waals surface area contributed by atoms with Crippen molar-refractivity contribution in [2.24, 2.45) is 5.92 Å². The van der Waals surface area contributed by atoms with Gasteiger partial charge in [-0.05, 0) is 37.7 Å². The molecule has 1 aliphatic rings. The fourth-order valence-electron chi connectivity index (χ4n) is 3.07. The molecule has 1 saturated carbocycles. The van der Waals surface area contributed by atoms with Gasteiger partial charge in [-0.2, -0.15) is 10.2 Å². The summed E-state index contributed by atoms with van der Waals surface area (Å²) in [6.45, 7) is 1.74. The SMILES string of the molecule is CC1CCC(NC(=O)Cn2ncn3nccc3c2=O)(C(=O)O)CC1. The molecule has 1 amide bonds. The molecule has 1 aliphatic carbocycles. The van der Waals surface area contributed by atoms with Crippen molar-refractivity contribution < 1.29 is 14.7 Å². The highest BCUT2D eigenvalue weighted by Gasteiger charge is 2.42. The molecule has 0 aliphatic heterocycles. The molecule has 2 N–H and O–H groups in total. The van der Waals surface area contributed by atoms with Crippen molar-refractivity contribution in [2.45, 2.75) is 44.7 Å². The standard InChI is InChI=1S/C15H19N5O4/c1-10-2-5-15(6-3-10,14(23)24)18-12(21)8-19-13(22)11-4-7-16-20(11)9-17-19/h4,7,9-10H,2-3,5-6,8H2,1H3,(H,18,21)(H,23,24). The molecular formula is C15H19N5O4. The number of carboxylic acids is 1. The molecule has 9 heteroatoms. The van der Waals surface area contributed by atoms with E-state index in [9.17, 15) is 19.5 Å². The van der Waals surface area contributed by atoms with Crippen molar-refractivity contribution in [3.63, 3.8) is 0 Å². The van der Waals surface area contributed by atoms with Gasteiger partial charge in [-0.3, -0.25) is 9.59 Å². The topological polar surface area (TPSA) is 119 Å². The highest BCUT2D eigenvalue weighted by molar-refractivity contribution is 5.87. The second-order valence-electron chi connectivity index (χ2n) is 6.37. The smallest absolute Gasteiger partial charge is 0.329 e. The molecule has 1 fully saturated rings. The Morgan fingerprint density at radius 1 is 1.38 bits per heavy atom. The number of aromatic nitrogens is 4. The van der Waals surface area contributed by atoms with Crippen LogP contribution in [0, 0.1) is 5.92 Å². The van der Waals surface area contributed by atoms with Gasteiger partial charge in [-0.25, -0.2) is 14.0 Å². The van der Waals surface area contributed by atoms with E-state index < -0.39 is 23.0 Å². The number of hydrogen-bond acceptors (Lipinski definition) is 5. The Morgan fingerprint density at radius 2 is 2.08 bits per heavy atom. The van der Waals surface area contributed by atoms with Crippen LogP contribution in [0.2, 0.25) is 0 Å². The first-order valence-electron chi connectivity index (χ1n) is 7.85. The number of nitrogens with zero attached hydrogens (tertiary/aromatic N) is 4. The van der Waals surface area contributed by atoms with Gasteiger partial charge in [0.2, 0.25) is 5.91 Å². The third-order valence-electron chi connectivity index (χ3n) is 4.63. The fraction of sp³-hybridized carbons (Fsp3) is 0.533. The van der Waals surface area contributed by atoms with Crippen molar-refractivity contribution in [3.05, 3.63) is 28.9 Å². The van der Waals surface area contributed by atoms with Gasteiger partial charge in [0.05, 0.1) is 6.20 Å². The van der Waals surface area contributed by atoms with Gasteiger partial charge >= 0.3 is 5.97 Å². The molecule has 0 bridgehead atoms. The predicted octanol–water partition coefficient (Wildman–Crippen LogP) is 0.0407. The zero-order valence-corrected chi connectivity index (χ0v) is 13.3. The van der Waals surface area contributed by atoms with Crippen LogP contribution in [-0.2, 0) is 16.1 Å². The van der Waals surface area contributed by atoms with Gasteiger partial charge < -0.3 is 10.4 Å². The molecule has 24 heavy (non-hydrogen) atoms. The van der Waals surface area contributed by atoms with E-state index in [0.29, 0.717) is 24.3 Å². The Morgan fingerprint density at radius 3 is 2.75 bits per heavy atom. The second kappa shape index (κ2) is 6.06. The van der Waals surface area contributed by atoms with Gasteiger partial charge in [0.15, 0.2) is 0 Å². The van der Waals surface area contributed by atoms with Gasteiger partial charge in [0.25, 0.3) is 5.56 Å². The number of amides is 1. The highest BCUT2D eigenvalue weighted by atomic mass is 16.4. The lowest BCUT2D eigenvalue weighted by Crippen LogP contribution is -2.57. The average molecular weight is 333 g/mol. The quantitative estimate of drug-likeness (QED) is 0.815. The lowest BCUT2D eigenvalue weighted by Gasteiger charge is -2.36. The lowest BCUT2D eigenvalue weighted by atomic mass is 9.77. The molecule has 0 aromatic carbocycles. The van der Waals surface area contributed by atoms with E-state index in [-0.39, 0.29) is 6.54 Å². The van der Waals surface area contributed by atoms with Crippen LogP contribution in [0.3, 0.4) is 0 Å². The Bertz CT molecular complexity index is 832. The number of rotatable bonds is 4. The van der Waals surface area contributed by atoms with Gasteiger partial charge in [0.1, 0.15) is 23.9 Å². The zero-order valence-electron chi connectivity index (χ0n) is 13.3. The summed E-state index contributed by atoms with van der Waals surface area (Å²) in [7, 11) is 0. The maximum atomic E-state index is 12.3. The molecule has 0 spiro atoms. The van der Waals surface area contributed by atoms with Crippen LogP contribution < -0.4 is 10.9 Å². The minimum atomic E-state index is -1.26. The van der Waals surface area contributed by atoms with Crippen molar-refractivity contribution in [1.82, 2.24) is 24.7 Å². The monoisotopic (exact) mass is 333 g/mol. The summed E-state index contributed by atoms with van der Waals surface area (Å²) in [5.74, 6) is -1.12. The number of carboxylic acid groups (broad SMARTS) is 1.